The number of benzene rings is 1. The molecule has 0 heterocycles. The number of carbonyl (C=O) groups excluding carboxylic acids is 1. The average molecular weight is 293 g/mol. The van der Waals surface area contributed by atoms with Gasteiger partial charge in [0.15, 0.2) is 0 Å². The van der Waals surface area contributed by atoms with Crippen molar-refractivity contribution >= 4 is 21.7 Å². The monoisotopic (exact) mass is 292 g/mol. The molecule has 1 aromatic carbocycles. The van der Waals surface area contributed by atoms with Crippen molar-refractivity contribution < 1.29 is 18.3 Å². The largest absolute Gasteiger partial charge is 0.434 e. The minimum atomic E-state index is -2.90. The van der Waals surface area contributed by atoms with Gasteiger partial charge in [0.05, 0.1) is 0 Å². The van der Waals surface area contributed by atoms with E-state index in [0.29, 0.717) is 5.56 Å². The SMILES string of the molecule is CC(=O)C(Br)c1cc(C)ccc1OC(F)F. The van der Waals surface area contributed by atoms with Gasteiger partial charge in [-0.05, 0) is 19.9 Å². The first kappa shape index (κ1) is 13.1. The van der Waals surface area contributed by atoms with Crippen LogP contribution in [0.4, 0.5) is 8.78 Å². The summed E-state index contributed by atoms with van der Waals surface area (Å²) in [6.45, 7) is 0.303. The van der Waals surface area contributed by atoms with Crippen LogP contribution in [0.2, 0.25) is 0 Å². The van der Waals surface area contributed by atoms with Crippen molar-refractivity contribution in [2.45, 2.75) is 25.3 Å². The second kappa shape index (κ2) is 5.39. The molecule has 0 saturated heterocycles. The number of ether oxygens (including phenoxy) is 1. The summed E-state index contributed by atoms with van der Waals surface area (Å²) in [5, 5.41) is 0. The number of alkyl halides is 3. The maximum Gasteiger partial charge on any atom is 0.387 e. The van der Waals surface area contributed by atoms with E-state index in [-0.39, 0.29) is 11.5 Å². The Morgan fingerprint density at radius 1 is 1.44 bits per heavy atom. The average Bonchev–Trinajstić information content (AvgIpc) is 2.18. The fourth-order valence-electron chi connectivity index (χ4n) is 1.29. The van der Waals surface area contributed by atoms with E-state index in [1.54, 1.807) is 12.1 Å². The lowest BCUT2D eigenvalue weighted by atomic mass is 10.1. The third-order valence-corrected chi connectivity index (χ3v) is 3.15. The minimum Gasteiger partial charge on any atom is -0.434 e. The van der Waals surface area contributed by atoms with E-state index < -0.39 is 11.4 Å². The number of rotatable bonds is 4. The number of Topliss-reactive ketones (excluding diaryl/α,β-unsaturated/α-hetero) is 1. The fraction of sp³-hybridized carbons (Fsp3) is 0.364. The van der Waals surface area contributed by atoms with Gasteiger partial charge in [-0.15, -0.1) is 0 Å². The predicted octanol–water partition coefficient (Wildman–Crippen LogP) is 3.62. The number of carbonyl (C=O) groups is 1. The van der Waals surface area contributed by atoms with Crippen LogP contribution < -0.4 is 4.74 Å². The summed E-state index contributed by atoms with van der Waals surface area (Å²) >= 11 is 3.15. The highest BCUT2D eigenvalue weighted by Crippen LogP contribution is 2.33. The van der Waals surface area contributed by atoms with Crippen molar-refractivity contribution in [2.75, 3.05) is 0 Å². The Morgan fingerprint density at radius 2 is 2.06 bits per heavy atom. The molecule has 0 amide bonds. The molecule has 0 aliphatic heterocycles. The van der Waals surface area contributed by atoms with Gasteiger partial charge in [-0.25, -0.2) is 0 Å². The van der Waals surface area contributed by atoms with Crippen LogP contribution in [0.15, 0.2) is 18.2 Å². The number of halogens is 3. The molecule has 1 aromatic rings. The quantitative estimate of drug-likeness (QED) is 0.792. The summed E-state index contributed by atoms with van der Waals surface area (Å²) < 4.78 is 28.6. The molecule has 2 nitrogen and oxygen atoms in total. The molecule has 5 heteroatoms. The van der Waals surface area contributed by atoms with Crippen molar-refractivity contribution in [2.24, 2.45) is 0 Å². The maximum atomic E-state index is 12.1. The second-order valence-electron chi connectivity index (χ2n) is 3.39. The van der Waals surface area contributed by atoms with Crippen molar-refractivity contribution in [1.82, 2.24) is 0 Å². The van der Waals surface area contributed by atoms with E-state index in [1.165, 1.54) is 13.0 Å². The van der Waals surface area contributed by atoms with Crippen LogP contribution in [-0.2, 0) is 4.79 Å². The molecule has 88 valence electrons. The molecule has 0 saturated carbocycles. The number of aryl methyl sites for hydroxylation is 1. The molecule has 0 fully saturated rings. The maximum absolute atomic E-state index is 12.1. The zero-order valence-corrected chi connectivity index (χ0v) is 10.4. The first-order chi connectivity index (χ1) is 7.41. The smallest absolute Gasteiger partial charge is 0.387 e. The Hall–Kier alpha value is -0.970. The third kappa shape index (κ3) is 3.27. The summed E-state index contributed by atoms with van der Waals surface area (Å²) in [6.07, 6.45) is 0. The Labute approximate surface area is 101 Å². The number of ketones is 1. The summed E-state index contributed by atoms with van der Waals surface area (Å²) in [6, 6.07) is 4.74. The fourth-order valence-corrected chi connectivity index (χ4v) is 1.65. The Morgan fingerprint density at radius 3 is 2.56 bits per heavy atom. The molecule has 0 aromatic heterocycles. The van der Waals surface area contributed by atoms with Gasteiger partial charge in [-0.2, -0.15) is 8.78 Å². The topological polar surface area (TPSA) is 26.3 Å². The third-order valence-electron chi connectivity index (χ3n) is 2.01. The van der Waals surface area contributed by atoms with Crippen LogP contribution in [0.5, 0.6) is 5.75 Å². The summed E-state index contributed by atoms with van der Waals surface area (Å²) in [7, 11) is 0. The van der Waals surface area contributed by atoms with Crippen LogP contribution in [0, 0.1) is 6.92 Å². The lowest BCUT2D eigenvalue weighted by Crippen LogP contribution is -2.08. The Kier molecular flexibility index (Phi) is 4.41. The van der Waals surface area contributed by atoms with E-state index in [1.807, 2.05) is 6.92 Å². The zero-order valence-electron chi connectivity index (χ0n) is 8.84. The molecule has 0 radical (unpaired) electrons. The van der Waals surface area contributed by atoms with Crippen LogP contribution in [0.3, 0.4) is 0 Å². The molecule has 0 spiro atoms. The number of hydrogen-bond donors (Lipinski definition) is 0. The zero-order chi connectivity index (χ0) is 12.3. The summed E-state index contributed by atoms with van der Waals surface area (Å²) in [5.41, 5.74) is 1.30. The minimum absolute atomic E-state index is 0.0256. The summed E-state index contributed by atoms with van der Waals surface area (Å²) in [4.78, 5) is 10.6. The Bertz CT molecular complexity index is 394. The second-order valence-corrected chi connectivity index (χ2v) is 4.31. The lowest BCUT2D eigenvalue weighted by Gasteiger charge is -2.14. The van der Waals surface area contributed by atoms with E-state index in [2.05, 4.69) is 20.7 Å². The van der Waals surface area contributed by atoms with Gasteiger partial charge < -0.3 is 4.74 Å². The first-order valence-corrected chi connectivity index (χ1v) is 5.53. The van der Waals surface area contributed by atoms with Gasteiger partial charge in [0, 0.05) is 5.56 Å². The normalized spacial score (nSPS) is 12.6. The van der Waals surface area contributed by atoms with Gasteiger partial charge in [-0.3, -0.25) is 4.79 Å². The summed E-state index contributed by atoms with van der Waals surface area (Å²) in [5.74, 6) is -0.137. The molecule has 0 aliphatic carbocycles. The Balaban J connectivity index is 3.12. The van der Waals surface area contributed by atoms with Crippen LogP contribution in [-0.4, -0.2) is 12.4 Å². The highest BCUT2D eigenvalue weighted by atomic mass is 79.9. The van der Waals surface area contributed by atoms with E-state index >= 15 is 0 Å². The highest BCUT2D eigenvalue weighted by Gasteiger charge is 2.19. The molecule has 1 rings (SSSR count). The number of hydrogen-bond acceptors (Lipinski definition) is 2. The van der Waals surface area contributed by atoms with Gasteiger partial charge in [0.25, 0.3) is 0 Å². The van der Waals surface area contributed by atoms with Gasteiger partial charge in [0.2, 0.25) is 0 Å². The molecule has 1 unspecified atom stereocenters. The van der Waals surface area contributed by atoms with Crippen molar-refractivity contribution in [3.63, 3.8) is 0 Å². The predicted molar refractivity (Wildman–Crippen MR) is 60.2 cm³/mol. The standard InChI is InChI=1S/C11H11BrF2O2/c1-6-3-4-9(16-11(13)14)8(5-6)10(12)7(2)15/h3-5,10-11H,1-2H3. The van der Waals surface area contributed by atoms with Gasteiger partial charge >= 0.3 is 6.61 Å². The first-order valence-electron chi connectivity index (χ1n) is 4.61. The van der Waals surface area contributed by atoms with Gasteiger partial charge in [-0.1, -0.05) is 33.6 Å². The van der Waals surface area contributed by atoms with Crippen LogP contribution in [0.25, 0.3) is 0 Å². The van der Waals surface area contributed by atoms with E-state index in [9.17, 15) is 13.6 Å². The van der Waals surface area contributed by atoms with Crippen molar-refractivity contribution in [3.05, 3.63) is 29.3 Å². The molecule has 0 aliphatic rings. The van der Waals surface area contributed by atoms with Crippen LogP contribution in [0.1, 0.15) is 22.9 Å². The molecule has 1 atom stereocenters. The van der Waals surface area contributed by atoms with E-state index in [0.717, 1.165) is 5.56 Å². The molecule has 16 heavy (non-hydrogen) atoms. The van der Waals surface area contributed by atoms with Crippen LogP contribution >= 0.6 is 15.9 Å². The lowest BCUT2D eigenvalue weighted by molar-refractivity contribution is -0.116. The molecule has 0 N–H and O–H groups in total. The van der Waals surface area contributed by atoms with Gasteiger partial charge in [0.1, 0.15) is 16.4 Å². The molecule has 0 bridgehead atoms. The molecular weight excluding hydrogens is 282 g/mol. The molecular formula is C11H11BrF2O2. The van der Waals surface area contributed by atoms with Crippen molar-refractivity contribution in [1.29, 1.82) is 0 Å². The highest BCUT2D eigenvalue weighted by molar-refractivity contribution is 9.09. The van der Waals surface area contributed by atoms with Crippen molar-refractivity contribution in [3.8, 4) is 5.75 Å². The van der Waals surface area contributed by atoms with E-state index in [4.69, 9.17) is 0 Å².